The summed E-state index contributed by atoms with van der Waals surface area (Å²) in [6, 6.07) is 2.35. The molecule has 2 fully saturated rings. The number of piperazine rings is 1. The number of anilines is 1. The molecule has 0 aromatic carbocycles. The summed E-state index contributed by atoms with van der Waals surface area (Å²) in [5.41, 5.74) is 2.85. The van der Waals surface area contributed by atoms with Crippen LogP contribution >= 0.6 is 0 Å². The number of carbonyl (C=O) groups is 1. The average molecular weight is 350 g/mol. The van der Waals surface area contributed by atoms with Gasteiger partial charge in [-0.3, -0.25) is 0 Å². The number of rotatable bonds is 3. The summed E-state index contributed by atoms with van der Waals surface area (Å²) in [4.78, 5) is 19.2. The number of nitrogens with zero attached hydrogens (tertiary/aromatic N) is 2. The third-order valence-corrected chi connectivity index (χ3v) is 4.27. The van der Waals surface area contributed by atoms with E-state index in [1.165, 1.54) is 20.0 Å². The van der Waals surface area contributed by atoms with E-state index < -0.39 is 0 Å². The van der Waals surface area contributed by atoms with Gasteiger partial charge in [0, 0.05) is 37.3 Å². The highest BCUT2D eigenvalue weighted by Crippen LogP contribution is 2.41. The minimum absolute atomic E-state index is 0.297. The van der Waals surface area contributed by atoms with Crippen molar-refractivity contribution in [1.29, 1.82) is 0 Å². The van der Waals surface area contributed by atoms with E-state index in [4.69, 9.17) is 9.72 Å². The summed E-state index contributed by atoms with van der Waals surface area (Å²) in [5.74, 6) is 1.08. The molecule has 25 heavy (non-hydrogen) atoms. The normalized spacial score (nSPS) is 19.2. The number of pyridine rings is 1. The minimum atomic E-state index is -0.297. The topological polar surface area (TPSA) is 54.5 Å². The van der Waals surface area contributed by atoms with Crippen molar-refractivity contribution >= 4 is 11.8 Å². The molecular weight excluding hydrogens is 314 g/mol. The van der Waals surface area contributed by atoms with Crippen LogP contribution in [0.3, 0.4) is 0 Å². The van der Waals surface area contributed by atoms with Crippen molar-refractivity contribution in [3.8, 4) is 0 Å². The van der Waals surface area contributed by atoms with Crippen molar-refractivity contribution in [2.24, 2.45) is 0 Å². The van der Waals surface area contributed by atoms with Gasteiger partial charge in [-0.25, -0.2) is 9.78 Å². The molecule has 142 valence electrons. The Hall–Kier alpha value is -1.62. The molecule has 5 nitrogen and oxygen atoms in total. The quantitative estimate of drug-likeness (QED) is 0.839. The Bertz CT molecular complexity index is 556. The van der Waals surface area contributed by atoms with E-state index in [9.17, 15) is 4.79 Å². The molecule has 0 amide bonds. The first kappa shape index (κ1) is 21.4. The maximum Gasteiger partial charge on any atom is 0.341 e. The number of esters is 1. The summed E-state index contributed by atoms with van der Waals surface area (Å²) in [5, 5.41) is 3.42. The zero-order valence-corrected chi connectivity index (χ0v) is 17.0. The zero-order chi connectivity index (χ0) is 19.0. The first-order chi connectivity index (χ1) is 12.1. The van der Waals surface area contributed by atoms with Gasteiger partial charge in [0.2, 0.25) is 0 Å². The minimum Gasteiger partial charge on any atom is -0.465 e. The number of aromatic nitrogens is 1. The molecule has 2 aliphatic rings. The summed E-state index contributed by atoms with van der Waals surface area (Å²) in [6.07, 6.45) is 2.42. The zero-order valence-electron chi connectivity index (χ0n) is 17.0. The van der Waals surface area contributed by atoms with E-state index in [2.05, 4.69) is 17.1 Å². The number of carbonyl (C=O) groups excluding carboxylic acids is 1. The molecule has 0 bridgehead atoms. The van der Waals surface area contributed by atoms with E-state index in [0.717, 1.165) is 36.7 Å². The molecule has 2 heterocycles. The summed E-state index contributed by atoms with van der Waals surface area (Å²) in [6.45, 7) is 14.8. The first-order valence-corrected chi connectivity index (χ1v) is 9.68. The summed E-state index contributed by atoms with van der Waals surface area (Å²) >= 11 is 0. The highest BCUT2D eigenvalue weighted by Gasteiger charge is 2.30. The molecule has 0 radical (unpaired) electrons. The van der Waals surface area contributed by atoms with Crippen LogP contribution in [0.15, 0.2) is 6.07 Å². The maximum atomic E-state index is 12.1. The second-order valence-electron chi connectivity index (χ2n) is 6.13. The van der Waals surface area contributed by atoms with Gasteiger partial charge in [-0.2, -0.15) is 0 Å². The van der Waals surface area contributed by atoms with Crippen LogP contribution in [0, 0.1) is 6.92 Å². The van der Waals surface area contributed by atoms with Gasteiger partial charge in [-0.15, -0.1) is 0 Å². The highest BCUT2D eigenvalue weighted by molar-refractivity contribution is 5.95. The molecule has 1 aromatic rings. The van der Waals surface area contributed by atoms with Gasteiger partial charge < -0.3 is 15.0 Å². The second kappa shape index (κ2) is 10.4. The molecule has 0 spiro atoms. The summed E-state index contributed by atoms with van der Waals surface area (Å²) < 4.78 is 4.94. The highest BCUT2D eigenvalue weighted by atomic mass is 16.5. The van der Waals surface area contributed by atoms with Gasteiger partial charge in [0.05, 0.1) is 7.11 Å². The van der Waals surface area contributed by atoms with Crippen molar-refractivity contribution in [3.05, 3.63) is 22.9 Å². The lowest BCUT2D eigenvalue weighted by molar-refractivity contribution is 0.0600. The number of methoxy groups -OCH3 is 1. The van der Waals surface area contributed by atoms with Crippen LogP contribution in [0.25, 0.3) is 0 Å². The lowest BCUT2D eigenvalue weighted by Gasteiger charge is -2.34. The van der Waals surface area contributed by atoms with Crippen molar-refractivity contribution in [2.75, 3.05) is 31.6 Å². The van der Waals surface area contributed by atoms with Crippen LogP contribution in [0.1, 0.15) is 75.0 Å². The van der Waals surface area contributed by atoms with Crippen LogP contribution < -0.4 is 10.2 Å². The summed E-state index contributed by atoms with van der Waals surface area (Å²) in [7, 11) is 1.43. The molecule has 3 rings (SSSR count). The Morgan fingerprint density at radius 3 is 2.44 bits per heavy atom. The van der Waals surface area contributed by atoms with Gasteiger partial charge >= 0.3 is 5.97 Å². The lowest BCUT2D eigenvalue weighted by Crippen LogP contribution is -2.50. The van der Waals surface area contributed by atoms with E-state index in [-0.39, 0.29) is 5.97 Å². The van der Waals surface area contributed by atoms with Gasteiger partial charge in [-0.1, -0.05) is 27.7 Å². The predicted molar refractivity (Wildman–Crippen MR) is 105 cm³/mol. The van der Waals surface area contributed by atoms with Crippen molar-refractivity contribution in [1.82, 2.24) is 10.3 Å². The van der Waals surface area contributed by atoms with Crippen molar-refractivity contribution < 1.29 is 9.53 Å². The molecule has 1 aromatic heterocycles. The third kappa shape index (κ3) is 5.43. The molecule has 1 N–H and O–H groups in total. The van der Waals surface area contributed by atoms with Crippen LogP contribution in [-0.2, 0) is 4.74 Å². The molecule has 1 atom stereocenters. The second-order valence-corrected chi connectivity index (χ2v) is 6.13. The van der Waals surface area contributed by atoms with Gasteiger partial charge in [0.1, 0.15) is 11.4 Å². The molecule has 1 aliphatic carbocycles. The fourth-order valence-corrected chi connectivity index (χ4v) is 3.01. The van der Waals surface area contributed by atoms with Crippen molar-refractivity contribution in [3.63, 3.8) is 0 Å². The maximum absolute atomic E-state index is 12.1. The van der Waals surface area contributed by atoms with Gasteiger partial charge in [0.15, 0.2) is 0 Å². The molecule has 1 saturated carbocycles. The third-order valence-electron chi connectivity index (χ3n) is 4.27. The number of hydrogen-bond donors (Lipinski definition) is 1. The molecule has 5 heteroatoms. The first-order valence-electron chi connectivity index (χ1n) is 9.68. The van der Waals surface area contributed by atoms with Gasteiger partial charge in [-0.05, 0) is 38.3 Å². The van der Waals surface area contributed by atoms with Crippen molar-refractivity contribution in [2.45, 2.75) is 66.3 Å². The monoisotopic (exact) mass is 349 g/mol. The Labute approximate surface area is 153 Å². The lowest BCUT2D eigenvalue weighted by atomic mass is 10.1. The molecule has 1 aliphatic heterocycles. The fraction of sp³-hybridized carbons (Fsp3) is 0.700. The number of hydrogen-bond acceptors (Lipinski definition) is 5. The fourth-order valence-electron chi connectivity index (χ4n) is 3.01. The van der Waals surface area contributed by atoms with Crippen LogP contribution in [0.4, 0.5) is 5.82 Å². The van der Waals surface area contributed by atoms with E-state index in [0.29, 0.717) is 17.5 Å². The van der Waals surface area contributed by atoms with Crippen LogP contribution in [0.2, 0.25) is 0 Å². The van der Waals surface area contributed by atoms with Crippen LogP contribution in [0.5, 0.6) is 0 Å². The Morgan fingerprint density at radius 2 is 1.92 bits per heavy atom. The molecular formula is C20H35N3O2. The molecule has 1 saturated heterocycles. The average Bonchev–Trinajstić information content (AvgIpc) is 3.49. The molecule has 1 unspecified atom stereocenters. The Morgan fingerprint density at radius 1 is 1.28 bits per heavy atom. The number of nitrogens with one attached hydrogen (secondary N) is 1. The van der Waals surface area contributed by atoms with Crippen LogP contribution in [-0.4, -0.2) is 43.7 Å². The van der Waals surface area contributed by atoms with E-state index >= 15 is 0 Å². The van der Waals surface area contributed by atoms with E-state index in [1.807, 2.05) is 40.7 Å². The number of ether oxygens (including phenoxy) is 1. The van der Waals surface area contributed by atoms with Gasteiger partial charge in [0.25, 0.3) is 0 Å². The SMILES string of the molecule is CC.CC.COC(=O)c1cc(C)c(C2CC2)nc1N1CCNC(C)C1. The predicted octanol–water partition coefficient (Wildman–Crippen LogP) is 3.90. The number of aryl methyl sites for hydroxylation is 1. The standard InChI is InChI=1S/C16H23N3O2.2C2H6/c1-10-8-13(16(20)21-3)15(18-14(10)12-4-5-12)19-7-6-17-11(2)9-19;2*1-2/h8,11-12,17H,4-7,9H2,1-3H3;2*1-2H3. The Balaban J connectivity index is 0.000000730. The largest absolute Gasteiger partial charge is 0.465 e. The Kier molecular flexibility index (Phi) is 8.90. The van der Waals surface area contributed by atoms with E-state index in [1.54, 1.807) is 0 Å². The smallest absolute Gasteiger partial charge is 0.341 e.